The summed E-state index contributed by atoms with van der Waals surface area (Å²) in [5.41, 5.74) is 3.03. The maximum absolute atomic E-state index is 11.8. The Morgan fingerprint density at radius 3 is 1.81 bits per heavy atom. The quantitative estimate of drug-likeness (QED) is 0.586. The van der Waals surface area contributed by atoms with Crippen LogP contribution in [0.3, 0.4) is 0 Å². The summed E-state index contributed by atoms with van der Waals surface area (Å²) >= 11 is 0. The molecular weight excluding hydrogens is 268 g/mol. The van der Waals surface area contributed by atoms with Gasteiger partial charge in [-0.25, -0.2) is 0 Å². The Hall–Kier alpha value is -2.82. The topological polar surface area (TPSA) is 78.4 Å². The van der Waals surface area contributed by atoms with Gasteiger partial charge in [-0.2, -0.15) is 0 Å². The Balaban J connectivity index is 2.02. The molecule has 0 saturated carbocycles. The lowest BCUT2D eigenvalue weighted by Crippen LogP contribution is -2.29. The molecule has 0 unspecified atom stereocenters. The summed E-state index contributed by atoms with van der Waals surface area (Å²) in [6, 6.07) is 11.4. The van der Waals surface area contributed by atoms with E-state index < -0.39 is 11.8 Å². The number of benzene rings is 2. The molecule has 2 aromatic rings. The highest BCUT2D eigenvalue weighted by atomic mass is 16.3. The van der Waals surface area contributed by atoms with Gasteiger partial charge >= 0.3 is 11.8 Å². The van der Waals surface area contributed by atoms with Gasteiger partial charge in [0.25, 0.3) is 0 Å². The number of phenols is 1. The lowest BCUT2D eigenvalue weighted by atomic mass is 10.1. The van der Waals surface area contributed by atoms with E-state index in [1.165, 1.54) is 24.3 Å². The lowest BCUT2D eigenvalue weighted by molar-refractivity contribution is -0.132. The molecule has 0 aliphatic heterocycles. The Morgan fingerprint density at radius 2 is 1.29 bits per heavy atom. The normalized spacial score (nSPS) is 10.0. The zero-order valence-electron chi connectivity index (χ0n) is 11.8. The van der Waals surface area contributed by atoms with Crippen LogP contribution in [-0.2, 0) is 9.59 Å². The fourth-order valence-electron chi connectivity index (χ4n) is 1.97. The van der Waals surface area contributed by atoms with Gasteiger partial charge < -0.3 is 15.7 Å². The summed E-state index contributed by atoms with van der Waals surface area (Å²) < 4.78 is 0. The number of hydrogen-bond acceptors (Lipinski definition) is 3. The number of hydrogen-bond donors (Lipinski definition) is 3. The average molecular weight is 284 g/mol. The number of amides is 2. The molecule has 0 atom stereocenters. The van der Waals surface area contributed by atoms with Gasteiger partial charge in [-0.1, -0.05) is 6.07 Å². The number of carbonyl (C=O) groups is 2. The molecule has 3 N–H and O–H groups in total. The number of phenolic OH excluding ortho intramolecular Hbond substituents is 1. The maximum Gasteiger partial charge on any atom is 0.314 e. The summed E-state index contributed by atoms with van der Waals surface area (Å²) in [6.07, 6.45) is 0. The standard InChI is InChI=1S/C16H16N2O3/c1-10-7-11(2)9-13(8-10)18-16(21)15(20)17-12-3-5-14(19)6-4-12/h3-9,19H,1-2H3,(H,17,20)(H,18,21). The van der Waals surface area contributed by atoms with Crippen LogP contribution in [0.25, 0.3) is 0 Å². The van der Waals surface area contributed by atoms with Crippen LogP contribution < -0.4 is 10.6 Å². The Kier molecular flexibility index (Phi) is 4.23. The Morgan fingerprint density at radius 1 is 0.810 bits per heavy atom. The monoisotopic (exact) mass is 284 g/mol. The summed E-state index contributed by atoms with van der Waals surface area (Å²) in [7, 11) is 0. The molecule has 2 aromatic carbocycles. The number of rotatable bonds is 2. The van der Waals surface area contributed by atoms with Crippen LogP contribution in [0.1, 0.15) is 11.1 Å². The van der Waals surface area contributed by atoms with Gasteiger partial charge in [-0.15, -0.1) is 0 Å². The fraction of sp³-hybridized carbons (Fsp3) is 0.125. The highest BCUT2D eigenvalue weighted by Crippen LogP contribution is 2.15. The molecule has 0 bridgehead atoms. The van der Waals surface area contributed by atoms with Crippen LogP contribution in [0.4, 0.5) is 11.4 Å². The second kappa shape index (κ2) is 6.09. The molecule has 0 radical (unpaired) electrons. The summed E-state index contributed by atoms with van der Waals surface area (Å²) in [5, 5.41) is 14.2. The van der Waals surface area contributed by atoms with E-state index in [4.69, 9.17) is 5.11 Å². The molecular formula is C16H16N2O3. The molecule has 0 fully saturated rings. The van der Waals surface area contributed by atoms with E-state index in [0.717, 1.165) is 11.1 Å². The molecule has 0 spiro atoms. The van der Waals surface area contributed by atoms with E-state index in [0.29, 0.717) is 11.4 Å². The minimum atomic E-state index is -0.764. The van der Waals surface area contributed by atoms with Gasteiger partial charge in [-0.05, 0) is 61.4 Å². The molecule has 5 nitrogen and oxygen atoms in total. The smallest absolute Gasteiger partial charge is 0.314 e. The SMILES string of the molecule is Cc1cc(C)cc(NC(=O)C(=O)Nc2ccc(O)cc2)c1. The Bertz CT molecular complexity index is 658. The van der Waals surface area contributed by atoms with E-state index >= 15 is 0 Å². The number of aryl methyl sites for hydroxylation is 2. The van der Waals surface area contributed by atoms with Crippen molar-refractivity contribution in [2.45, 2.75) is 13.8 Å². The van der Waals surface area contributed by atoms with Gasteiger partial charge in [0.2, 0.25) is 0 Å². The van der Waals surface area contributed by atoms with Crippen LogP contribution in [0.2, 0.25) is 0 Å². The first-order valence-corrected chi connectivity index (χ1v) is 6.44. The van der Waals surface area contributed by atoms with Crippen LogP contribution >= 0.6 is 0 Å². The zero-order chi connectivity index (χ0) is 15.4. The highest BCUT2D eigenvalue weighted by molar-refractivity contribution is 6.43. The summed E-state index contributed by atoms with van der Waals surface area (Å²) in [6.45, 7) is 3.83. The third-order valence-electron chi connectivity index (χ3n) is 2.81. The van der Waals surface area contributed by atoms with Crippen molar-refractivity contribution in [3.63, 3.8) is 0 Å². The number of nitrogens with one attached hydrogen (secondary N) is 2. The van der Waals surface area contributed by atoms with Crippen molar-refractivity contribution in [3.8, 4) is 5.75 Å². The van der Waals surface area contributed by atoms with Gasteiger partial charge in [0.1, 0.15) is 5.75 Å². The van der Waals surface area contributed by atoms with Gasteiger partial charge in [0.15, 0.2) is 0 Å². The third kappa shape index (κ3) is 4.07. The van der Waals surface area contributed by atoms with Crippen LogP contribution in [-0.4, -0.2) is 16.9 Å². The van der Waals surface area contributed by atoms with Crippen molar-refractivity contribution < 1.29 is 14.7 Å². The second-order valence-electron chi connectivity index (χ2n) is 4.83. The van der Waals surface area contributed by atoms with E-state index in [1.807, 2.05) is 19.9 Å². The molecule has 0 aromatic heterocycles. The van der Waals surface area contributed by atoms with Gasteiger partial charge in [-0.3, -0.25) is 9.59 Å². The first kappa shape index (κ1) is 14.6. The van der Waals surface area contributed by atoms with E-state index in [-0.39, 0.29) is 5.75 Å². The number of carbonyl (C=O) groups excluding carboxylic acids is 2. The van der Waals surface area contributed by atoms with Gasteiger partial charge in [0.05, 0.1) is 0 Å². The first-order valence-electron chi connectivity index (χ1n) is 6.44. The molecule has 0 saturated heterocycles. The van der Waals surface area contributed by atoms with Crippen molar-refractivity contribution in [2.75, 3.05) is 10.6 Å². The molecule has 0 aliphatic rings. The Labute approximate surface area is 122 Å². The molecule has 2 rings (SSSR count). The fourth-order valence-corrected chi connectivity index (χ4v) is 1.97. The molecule has 5 heteroatoms. The third-order valence-corrected chi connectivity index (χ3v) is 2.81. The van der Waals surface area contributed by atoms with E-state index in [2.05, 4.69) is 10.6 Å². The maximum atomic E-state index is 11.8. The summed E-state index contributed by atoms with van der Waals surface area (Å²) in [5.74, 6) is -1.42. The highest BCUT2D eigenvalue weighted by Gasteiger charge is 2.14. The van der Waals surface area contributed by atoms with Crippen LogP contribution in [0.5, 0.6) is 5.75 Å². The van der Waals surface area contributed by atoms with E-state index in [1.54, 1.807) is 12.1 Å². The van der Waals surface area contributed by atoms with Crippen LogP contribution in [0.15, 0.2) is 42.5 Å². The molecule has 108 valence electrons. The molecule has 21 heavy (non-hydrogen) atoms. The van der Waals surface area contributed by atoms with Crippen molar-refractivity contribution >= 4 is 23.2 Å². The summed E-state index contributed by atoms with van der Waals surface area (Å²) in [4.78, 5) is 23.6. The minimum Gasteiger partial charge on any atom is -0.508 e. The number of anilines is 2. The van der Waals surface area contributed by atoms with Crippen LogP contribution in [0, 0.1) is 13.8 Å². The number of aromatic hydroxyl groups is 1. The van der Waals surface area contributed by atoms with Gasteiger partial charge in [0, 0.05) is 11.4 Å². The average Bonchev–Trinajstić information content (AvgIpc) is 2.40. The second-order valence-corrected chi connectivity index (χ2v) is 4.83. The predicted molar refractivity (Wildman–Crippen MR) is 81.3 cm³/mol. The first-order chi connectivity index (χ1) is 9.94. The van der Waals surface area contributed by atoms with Crippen molar-refractivity contribution in [1.29, 1.82) is 0 Å². The largest absolute Gasteiger partial charge is 0.508 e. The lowest BCUT2D eigenvalue weighted by Gasteiger charge is -2.08. The molecule has 2 amide bonds. The van der Waals surface area contributed by atoms with Crippen molar-refractivity contribution in [1.82, 2.24) is 0 Å². The van der Waals surface area contributed by atoms with Crippen molar-refractivity contribution in [3.05, 3.63) is 53.6 Å². The van der Waals surface area contributed by atoms with E-state index in [9.17, 15) is 9.59 Å². The predicted octanol–water partition coefficient (Wildman–Crippen LogP) is 2.59. The molecule has 0 heterocycles. The minimum absolute atomic E-state index is 0.0905. The zero-order valence-corrected chi connectivity index (χ0v) is 11.8. The van der Waals surface area contributed by atoms with Crippen molar-refractivity contribution in [2.24, 2.45) is 0 Å². The molecule has 0 aliphatic carbocycles.